The van der Waals surface area contributed by atoms with Crippen LogP contribution in [0, 0.1) is 0 Å². The van der Waals surface area contributed by atoms with E-state index in [1.165, 1.54) is 29.0 Å². The van der Waals surface area contributed by atoms with Crippen molar-refractivity contribution in [3.63, 3.8) is 0 Å². The van der Waals surface area contributed by atoms with Crippen LogP contribution in [-0.2, 0) is 16.0 Å². The number of hydrazone groups is 1. The van der Waals surface area contributed by atoms with Crippen LogP contribution in [0.1, 0.15) is 48.3 Å². The standard InChI is InChI=1S/C21H22N4O2/c1-25-20(26)10-8-18(24-25)21(27)23-19-9-5-15(13-22-19)11-14-3-2-4-17(12-14)16-6-7-16/h2-5,9,12-13,16H,6-8,10-11H2,1H3,(H,22,23,27). The Morgan fingerprint density at radius 2 is 2.04 bits per heavy atom. The van der Waals surface area contributed by atoms with Gasteiger partial charge in [-0.05, 0) is 47.9 Å². The molecule has 0 atom stereocenters. The predicted octanol–water partition coefficient (Wildman–Crippen LogP) is 3.10. The summed E-state index contributed by atoms with van der Waals surface area (Å²) in [6, 6.07) is 12.5. The highest BCUT2D eigenvalue weighted by Gasteiger charge is 2.23. The monoisotopic (exact) mass is 362 g/mol. The van der Waals surface area contributed by atoms with Crippen molar-refractivity contribution >= 4 is 23.3 Å². The Morgan fingerprint density at radius 3 is 2.74 bits per heavy atom. The lowest BCUT2D eigenvalue weighted by Crippen LogP contribution is -2.34. The first-order valence-electron chi connectivity index (χ1n) is 9.27. The van der Waals surface area contributed by atoms with E-state index in [4.69, 9.17) is 0 Å². The topological polar surface area (TPSA) is 74.7 Å². The first-order chi connectivity index (χ1) is 13.1. The quantitative estimate of drug-likeness (QED) is 0.888. The summed E-state index contributed by atoms with van der Waals surface area (Å²) < 4.78 is 0. The molecule has 1 fully saturated rings. The number of hydrogen-bond donors (Lipinski definition) is 1. The predicted molar refractivity (Wildman–Crippen MR) is 104 cm³/mol. The Hall–Kier alpha value is -3.02. The highest BCUT2D eigenvalue weighted by atomic mass is 16.2. The van der Waals surface area contributed by atoms with Crippen molar-refractivity contribution < 1.29 is 9.59 Å². The van der Waals surface area contributed by atoms with Gasteiger partial charge in [0.1, 0.15) is 11.5 Å². The van der Waals surface area contributed by atoms with Gasteiger partial charge in [0.15, 0.2) is 0 Å². The summed E-state index contributed by atoms with van der Waals surface area (Å²) in [4.78, 5) is 28.1. The van der Waals surface area contributed by atoms with Gasteiger partial charge in [-0.3, -0.25) is 9.59 Å². The summed E-state index contributed by atoms with van der Waals surface area (Å²) in [5.41, 5.74) is 4.16. The maximum absolute atomic E-state index is 12.3. The Kier molecular flexibility index (Phi) is 4.71. The molecule has 1 aromatic heterocycles. The van der Waals surface area contributed by atoms with E-state index in [1.54, 1.807) is 19.3 Å². The summed E-state index contributed by atoms with van der Waals surface area (Å²) in [6.45, 7) is 0. The zero-order chi connectivity index (χ0) is 18.8. The zero-order valence-corrected chi connectivity index (χ0v) is 15.3. The molecule has 138 valence electrons. The van der Waals surface area contributed by atoms with Crippen LogP contribution in [0.5, 0.6) is 0 Å². The van der Waals surface area contributed by atoms with E-state index in [-0.39, 0.29) is 11.8 Å². The van der Waals surface area contributed by atoms with Crippen LogP contribution in [0.3, 0.4) is 0 Å². The van der Waals surface area contributed by atoms with Gasteiger partial charge in [0.25, 0.3) is 5.91 Å². The first kappa shape index (κ1) is 17.4. The molecule has 1 aliphatic carbocycles. The van der Waals surface area contributed by atoms with Crippen LogP contribution in [-0.4, -0.2) is 34.6 Å². The Bertz CT molecular complexity index is 901. The number of carbonyl (C=O) groups excluding carboxylic acids is 2. The minimum atomic E-state index is -0.313. The average Bonchev–Trinajstić information content (AvgIpc) is 3.51. The Balaban J connectivity index is 1.39. The lowest BCUT2D eigenvalue weighted by molar-refractivity contribution is -0.130. The second-order valence-corrected chi connectivity index (χ2v) is 7.17. The molecule has 1 N–H and O–H groups in total. The number of anilines is 1. The molecular formula is C21H22N4O2. The van der Waals surface area contributed by atoms with Gasteiger partial charge < -0.3 is 5.32 Å². The molecule has 6 nitrogen and oxygen atoms in total. The Morgan fingerprint density at radius 1 is 1.19 bits per heavy atom. The average molecular weight is 362 g/mol. The molecule has 2 amide bonds. The molecule has 0 bridgehead atoms. The van der Waals surface area contributed by atoms with Crippen molar-refractivity contribution in [3.05, 3.63) is 59.3 Å². The third-order valence-electron chi connectivity index (χ3n) is 4.94. The van der Waals surface area contributed by atoms with Crippen molar-refractivity contribution in [2.45, 2.75) is 38.0 Å². The van der Waals surface area contributed by atoms with E-state index in [2.05, 4.69) is 39.7 Å². The van der Waals surface area contributed by atoms with Crippen LogP contribution < -0.4 is 5.32 Å². The molecule has 2 heterocycles. The summed E-state index contributed by atoms with van der Waals surface area (Å²) in [6.07, 6.45) is 5.86. The maximum atomic E-state index is 12.3. The van der Waals surface area contributed by atoms with E-state index in [0.29, 0.717) is 24.4 Å². The van der Waals surface area contributed by atoms with Crippen LogP contribution >= 0.6 is 0 Å². The molecule has 27 heavy (non-hydrogen) atoms. The zero-order valence-electron chi connectivity index (χ0n) is 15.3. The summed E-state index contributed by atoms with van der Waals surface area (Å²) in [5.74, 6) is 0.835. The van der Waals surface area contributed by atoms with Gasteiger partial charge in [-0.25, -0.2) is 9.99 Å². The van der Waals surface area contributed by atoms with Gasteiger partial charge in [-0.1, -0.05) is 30.3 Å². The number of pyridine rings is 1. The third-order valence-corrected chi connectivity index (χ3v) is 4.94. The summed E-state index contributed by atoms with van der Waals surface area (Å²) in [7, 11) is 1.56. The number of hydrogen-bond acceptors (Lipinski definition) is 4. The van der Waals surface area contributed by atoms with Crippen molar-refractivity contribution in [2.24, 2.45) is 5.10 Å². The van der Waals surface area contributed by atoms with Crippen molar-refractivity contribution in [1.82, 2.24) is 9.99 Å². The van der Waals surface area contributed by atoms with Crippen molar-refractivity contribution in [1.29, 1.82) is 0 Å². The molecule has 6 heteroatoms. The van der Waals surface area contributed by atoms with Gasteiger partial charge >= 0.3 is 0 Å². The fraction of sp³-hybridized carbons (Fsp3) is 0.333. The largest absolute Gasteiger partial charge is 0.305 e. The molecule has 2 aromatic rings. The third kappa shape index (κ3) is 4.22. The summed E-state index contributed by atoms with van der Waals surface area (Å²) >= 11 is 0. The van der Waals surface area contributed by atoms with E-state index >= 15 is 0 Å². The highest BCUT2D eigenvalue weighted by molar-refractivity contribution is 6.43. The van der Waals surface area contributed by atoms with E-state index < -0.39 is 0 Å². The molecule has 0 radical (unpaired) electrons. The first-order valence-corrected chi connectivity index (χ1v) is 9.27. The number of aromatic nitrogens is 1. The lowest BCUT2D eigenvalue weighted by atomic mass is 10.0. The number of rotatable bonds is 5. The van der Waals surface area contributed by atoms with Crippen LogP contribution in [0.25, 0.3) is 0 Å². The molecule has 0 unspecified atom stereocenters. The number of benzene rings is 1. The molecular weight excluding hydrogens is 340 g/mol. The molecule has 0 spiro atoms. The Labute approximate surface area is 158 Å². The molecule has 0 saturated heterocycles. The second kappa shape index (κ2) is 7.31. The SMILES string of the molecule is CN1N=C(C(=O)Nc2ccc(Cc3cccc(C4CC4)c3)cn2)CCC1=O. The molecule has 1 aromatic carbocycles. The van der Waals surface area contributed by atoms with E-state index in [9.17, 15) is 9.59 Å². The summed E-state index contributed by atoms with van der Waals surface area (Å²) in [5, 5.41) is 7.99. The fourth-order valence-electron chi connectivity index (χ4n) is 3.23. The minimum absolute atomic E-state index is 0.0835. The molecule has 2 aliphatic rings. The highest BCUT2D eigenvalue weighted by Crippen LogP contribution is 2.40. The molecule has 1 aliphatic heterocycles. The minimum Gasteiger partial charge on any atom is -0.305 e. The molecule has 1 saturated carbocycles. The second-order valence-electron chi connectivity index (χ2n) is 7.17. The number of carbonyl (C=O) groups is 2. The normalized spacial score (nSPS) is 16.9. The van der Waals surface area contributed by atoms with E-state index in [1.807, 2.05) is 6.07 Å². The smallest absolute Gasteiger partial charge is 0.273 e. The fourth-order valence-corrected chi connectivity index (χ4v) is 3.23. The van der Waals surface area contributed by atoms with E-state index in [0.717, 1.165) is 17.9 Å². The van der Waals surface area contributed by atoms with Crippen LogP contribution in [0.4, 0.5) is 5.82 Å². The van der Waals surface area contributed by atoms with Crippen LogP contribution in [0.15, 0.2) is 47.7 Å². The van der Waals surface area contributed by atoms with Gasteiger partial charge in [0.2, 0.25) is 5.91 Å². The van der Waals surface area contributed by atoms with Gasteiger partial charge in [0, 0.05) is 26.1 Å². The van der Waals surface area contributed by atoms with Crippen molar-refractivity contribution in [2.75, 3.05) is 12.4 Å². The number of nitrogens with zero attached hydrogens (tertiary/aromatic N) is 3. The lowest BCUT2D eigenvalue weighted by Gasteiger charge is -2.18. The molecule has 4 rings (SSSR count). The maximum Gasteiger partial charge on any atom is 0.273 e. The number of nitrogens with one attached hydrogen (secondary N) is 1. The van der Waals surface area contributed by atoms with Gasteiger partial charge in [-0.15, -0.1) is 0 Å². The van der Waals surface area contributed by atoms with Crippen molar-refractivity contribution in [3.8, 4) is 0 Å². The van der Waals surface area contributed by atoms with Gasteiger partial charge in [-0.2, -0.15) is 5.10 Å². The van der Waals surface area contributed by atoms with Gasteiger partial charge in [0.05, 0.1) is 0 Å². The van der Waals surface area contributed by atoms with Crippen LogP contribution in [0.2, 0.25) is 0 Å². The number of amides is 2.